The highest BCUT2D eigenvalue weighted by Crippen LogP contribution is 2.26. The molecule has 0 aliphatic heterocycles. The fraction of sp³-hybridized carbons (Fsp3) is 0.355. The van der Waals surface area contributed by atoms with Crippen LogP contribution in [0.1, 0.15) is 50.2 Å². The molecule has 0 radical (unpaired) electrons. The number of sulfonamides is 1. The summed E-state index contributed by atoms with van der Waals surface area (Å²) in [5.41, 5.74) is 2.00. The number of hydrogen-bond donors (Lipinski definition) is 1. The van der Waals surface area contributed by atoms with E-state index in [1.54, 1.807) is 31.2 Å². The maximum Gasteiger partial charge on any atom is 0.264 e. The molecule has 3 aromatic carbocycles. The fourth-order valence-electron chi connectivity index (χ4n) is 4.91. The number of nitrogens with zero attached hydrogens (tertiary/aromatic N) is 2. The number of carbonyl (C=O) groups excluding carboxylic acids is 2. The van der Waals surface area contributed by atoms with E-state index < -0.39 is 34.3 Å². The van der Waals surface area contributed by atoms with Crippen LogP contribution in [0.4, 0.5) is 10.1 Å². The van der Waals surface area contributed by atoms with E-state index in [0.29, 0.717) is 0 Å². The lowest BCUT2D eigenvalue weighted by Crippen LogP contribution is -2.53. The molecule has 4 rings (SSSR count). The molecule has 3 aromatic rings. The minimum Gasteiger partial charge on any atom is -0.352 e. The third kappa shape index (κ3) is 7.95. The first kappa shape index (κ1) is 30.7. The molecule has 1 aliphatic rings. The molecule has 2 amide bonds. The van der Waals surface area contributed by atoms with Crippen molar-refractivity contribution in [1.82, 2.24) is 10.2 Å². The number of aryl methyl sites for hydroxylation is 1. The monoisotopic (exact) mass is 643 g/mol. The van der Waals surface area contributed by atoms with E-state index in [1.807, 2.05) is 31.2 Å². The number of hydrogen-bond acceptors (Lipinski definition) is 4. The Morgan fingerprint density at radius 3 is 2.17 bits per heavy atom. The van der Waals surface area contributed by atoms with Gasteiger partial charge in [0.15, 0.2) is 0 Å². The number of anilines is 1. The van der Waals surface area contributed by atoms with Gasteiger partial charge in [-0.3, -0.25) is 13.9 Å². The zero-order chi connectivity index (χ0) is 29.6. The first-order chi connectivity index (χ1) is 19.5. The van der Waals surface area contributed by atoms with Gasteiger partial charge in [0, 0.05) is 17.1 Å². The largest absolute Gasteiger partial charge is 0.352 e. The Morgan fingerprint density at radius 1 is 0.951 bits per heavy atom. The molecule has 1 saturated carbocycles. The molecule has 1 atom stereocenters. The molecule has 1 aliphatic carbocycles. The third-order valence-electron chi connectivity index (χ3n) is 7.39. The first-order valence-electron chi connectivity index (χ1n) is 13.7. The van der Waals surface area contributed by atoms with Crippen LogP contribution in [0.15, 0.2) is 82.2 Å². The minimum absolute atomic E-state index is 0.0613. The number of halogens is 2. The maximum absolute atomic E-state index is 14.0. The molecular weight excluding hydrogens is 609 g/mol. The maximum atomic E-state index is 14.0. The number of carbonyl (C=O) groups is 2. The highest BCUT2D eigenvalue weighted by atomic mass is 79.9. The van der Waals surface area contributed by atoms with E-state index in [0.717, 1.165) is 64.1 Å². The van der Waals surface area contributed by atoms with Gasteiger partial charge >= 0.3 is 0 Å². The van der Waals surface area contributed by atoms with Crippen molar-refractivity contribution in [2.45, 2.75) is 69.5 Å². The molecule has 0 saturated heterocycles. The molecule has 0 aromatic heterocycles. The molecule has 41 heavy (non-hydrogen) atoms. The van der Waals surface area contributed by atoms with Crippen molar-refractivity contribution in [2.75, 3.05) is 10.8 Å². The van der Waals surface area contributed by atoms with Crippen molar-refractivity contribution >= 4 is 43.5 Å². The van der Waals surface area contributed by atoms with E-state index in [1.165, 1.54) is 17.0 Å². The summed E-state index contributed by atoms with van der Waals surface area (Å²) in [6.45, 7) is 3.12. The summed E-state index contributed by atoms with van der Waals surface area (Å²) in [6.07, 6.45) is 5.04. The van der Waals surface area contributed by atoms with Crippen LogP contribution in [0, 0.1) is 12.7 Å². The lowest BCUT2D eigenvalue weighted by atomic mass is 9.95. The molecule has 7 nitrogen and oxygen atoms in total. The zero-order valence-electron chi connectivity index (χ0n) is 23.2. The molecule has 0 unspecified atom stereocenters. The summed E-state index contributed by atoms with van der Waals surface area (Å²) in [6, 6.07) is 17.9. The van der Waals surface area contributed by atoms with E-state index >= 15 is 0 Å². The molecule has 1 N–H and O–H groups in total. The normalized spacial score (nSPS) is 14.7. The van der Waals surface area contributed by atoms with Gasteiger partial charge in [-0.15, -0.1) is 0 Å². The Bertz CT molecular complexity index is 1440. The third-order valence-corrected chi connectivity index (χ3v) is 9.70. The summed E-state index contributed by atoms with van der Waals surface area (Å²) >= 11 is 3.42. The topological polar surface area (TPSA) is 86.8 Å². The number of nitrogens with one attached hydrogen (secondary N) is 1. The Labute approximate surface area is 249 Å². The van der Waals surface area contributed by atoms with Gasteiger partial charge in [0.05, 0.1) is 10.6 Å². The predicted molar refractivity (Wildman–Crippen MR) is 161 cm³/mol. The van der Waals surface area contributed by atoms with Gasteiger partial charge in [0.2, 0.25) is 11.8 Å². The van der Waals surface area contributed by atoms with Crippen molar-refractivity contribution in [3.63, 3.8) is 0 Å². The SMILES string of the molecule is Cc1ccc(N(CC(=O)N(Cc2ccc(Br)cc2)[C@@H](C)C(=O)NC2CCCCC2)S(=O)(=O)c2ccc(F)cc2)cc1. The van der Waals surface area contributed by atoms with Gasteiger partial charge in [-0.05, 0) is 80.8 Å². The summed E-state index contributed by atoms with van der Waals surface area (Å²) in [4.78, 5) is 28.6. The van der Waals surface area contributed by atoms with Gasteiger partial charge < -0.3 is 10.2 Å². The van der Waals surface area contributed by atoms with Crippen LogP contribution in [0.3, 0.4) is 0 Å². The van der Waals surface area contributed by atoms with E-state index in [2.05, 4.69) is 21.2 Å². The molecular formula is C31H35BrFN3O4S. The van der Waals surface area contributed by atoms with E-state index in [-0.39, 0.29) is 29.1 Å². The Morgan fingerprint density at radius 2 is 1.56 bits per heavy atom. The standard InChI is InChI=1S/C31H35BrFN3O4S/c1-22-8-16-28(17-9-22)36(41(39,40)29-18-14-26(33)15-19-29)21-30(37)35(20-24-10-12-25(32)13-11-24)23(2)31(38)34-27-6-4-3-5-7-27/h8-19,23,27H,3-7,20-21H2,1-2H3,(H,34,38)/t23-/m0/s1. The summed E-state index contributed by atoms with van der Waals surface area (Å²) in [5, 5.41) is 3.09. The smallest absolute Gasteiger partial charge is 0.264 e. The Hall–Kier alpha value is -3.24. The zero-order valence-corrected chi connectivity index (χ0v) is 25.6. The second-order valence-electron chi connectivity index (χ2n) is 10.5. The van der Waals surface area contributed by atoms with Crippen LogP contribution >= 0.6 is 15.9 Å². The Kier molecular flexibility index (Phi) is 10.2. The molecule has 218 valence electrons. The quantitative estimate of drug-likeness (QED) is 0.295. The molecule has 0 heterocycles. The van der Waals surface area contributed by atoms with Gasteiger partial charge in [-0.2, -0.15) is 0 Å². The van der Waals surface area contributed by atoms with E-state index in [9.17, 15) is 22.4 Å². The van der Waals surface area contributed by atoms with Crippen LogP contribution in [0.25, 0.3) is 0 Å². The number of benzene rings is 3. The van der Waals surface area contributed by atoms with Gasteiger partial charge in [-0.25, -0.2) is 12.8 Å². The van der Waals surface area contributed by atoms with Crippen LogP contribution in [-0.2, 0) is 26.2 Å². The summed E-state index contributed by atoms with van der Waals surface area (Å²) < 4.78 is 43.1. The summed E-state index contributed by atoms with van der Waals surface area (Å²) in [5.74, 6) is -1.38. The van der Waals surface area contributed by atoms with Crippen molar-refractivity contribution < 1.29 is 22.4 Å². The highest BCUT2D eigenvalue weighted by Gasteiger charge is 2.33. The average molecular weight is 645 g/mol. The van der Waals surface area contributed by atoms with Crippen molar-refractivity contribution in [1.29, 1.82) is 0 Å². The fourth-order valence-corrected chi connectivity index (χ4v) is 6.59. The molecule has 0 bridgehead atoms. The molecule has 0 spiro atoms. The average Bonchev–Trinajstić information content (AvgIpc) is 2.96. The van der Waals surface area contributed by atoms with Gasteiger partial charge in [-0.1, -0.05) is 65.0 Å². The molecule has 1 fully saturated rings. The van der Waals surface area contributed by atoms with E-state index in [4.69, 9.17) is 0 Å². The van der Waals surface area contributed by atoms with Crippen LogP contribution in [0.2, 0.25) is 0 Å². The second-order valence-corrected chi connectivity index (χ2v) is 13.2. The summed E-state index contributed by atoms with van der Waals surface area (Å²) in [7, 11) is -4.25. The number of amides is 2. The molecule has 10 heteroatoms. The van der Waals surface area contributed by atoms with Crippen LogP contribution < -0.4 is 9.62 Å². The van der Waals surface area contributed by atoms with Crippen LogP contribution in [-0.4, -0.2) is 43.8 Å². The predicted octanol–water partition coefficient (Wildman–Crippen LogP) is 5.96. The van der Waals surface area contributed by atoms with Crippen molar-refractivity contribution in [3.05, 3.63) is 94.2 Å². The van der Waals surface area contributed by atoms with Gasteiger partial charge in [0.1, 0.15) is 18.4 Å². The lowest BCUT2D eigenvalue weighted by molar-refractivity contribution is -0.139. The van der Waals surface area contributed by atoms with Crippen molar-refractivity contribution in [3.8, 4) is 0 Å². The highest BCUT2D eigenvalue weighted by molar-refractivity contribution is 9.10. The van der Waals surface area contributed by atoms with Crippen molar-refractivity contribution in [2.24, 2.45) is 0 Å². The minimum atomic E-state index is -4.25. The lowest BCUT2D eigenvalue weighted by Gasteiger charge is -2.33. The Balaban J connectivity index is 1.66. The van der Waals surface area contributed by atoms with Gasteiger partial charge in [0.25, 0.3) is 10.0 Å². The second kappa shape index (κ2) is 13.6. The number of rotatable bonds is 10. The first-order valence-corrected chi connectivity index (χ1v) is 16.0. The van der Waals surface area contributed by atoms with Crippen LogP contribution in [0.5, 0.6) is 0 Å².